The molecule has 28 heavy (non-hydrogen) atoms. The lowest BCUT2D eigenvalue weighted by Gasteiger charge is -2.40. The van der Waals surface area contributed by atoms with Crippen molar-refractivity contribution in [2.75, 3.05) is 36.0 Å². The molecule has 3 rings (SSSR count). The first-order valence-electron chi connectivity index (χ1n) is 9.11. The average molecular weight is 402 g/mol. The summed E-state index contributed by atoms with van der Waals surface area (Å²) in [7, 11) is 0. The molecule has 3 heterocycles. The number of anilines is 2. The van der Waals surface area contributed by atoms with Crippen molar-refractivity contribution < 1.29 is 27.8 Å². The normalized spacial score (nSPS) is 21.8. The fourth-order valence-electron chi connectivity index (χ4n) is 3.61. The molecule has 2 saturated heterocycles. The van der Waals surface area contributed by atoms with Crippen LogP contribution in [0, 0.1) is 11.3 Å². The zero-order valence-electron chi connectivity index (χ0n) is 15.2. The molecular formula is C18H22F4N4O2. The number of alkyl halides is 4. The molecule has 0 radical (unpaired) electrons. The Kier molecular flexibility index (Phi) is 5.68. The van der Waals surface area contributed by atoms with Gasteiger partial charge in [0.2, 0.25) is 0 Å². The third-order valence-corrected chi connectivity index (χ3v) is 5.68. The largest absolute Gasteiger partial charge is 0.384 e. The van der Waals surface area contributed by atoms with Gasteiger partial charge in [0.1, 0.15) is 28.9 Å². The summed E-state index contributed by atoms with van der Waals surface area (Å²) in [5.41, 5.74) is -3.76. The van der Waals surface area contributed by atoms with Crippen LogP contribution < -0.4 is 9.80 Å². The molecule has 0 spiro atoms. The number of aliphatic hydroxyl groups is 2. The fraction of sp³-hybridized carbons (Fsp3) is 0.667. The Morgan fingerprint density at radius 2 is 1.36 bits per heavy atom. The van der Waals surface area contributed by atoms with Crippen LogP contribution >= 0.6 is 0 Å². The number of piperidine rings is 2. The van der Waals surface area contributed by atoms with E-state index in [0.29, 0.717) is 11.6 Å². The summed E-state index contributed by atoms with van der Waals surface area (Å²) in [5.74, 6) is 0.797. The molecule has 2 N–H and O–H groups in total. The molecule has 1 aromatic rings. The summed E-state index contributed by atoms with van der Waals surface area (Å²) in [6, 6.07) is 5.18. The second kappa shape index (κ2) is 7.72. The molecule has 0 saturated carbocycles. The van der Waals surface area contributed by atoms with E-state index >= 15 is 0 Å². The first kappa shape index (κ1) is 20.6. The van der Waals surface area contributed by atoms with Crippen molar-refractivity contribution in [3.05, 3.63) is 17.7 Å². The lowest BCUT2D eigenvalue weighted by atomic mass is 9.91. The highest BCUT2D eigenvalue weighted by Gasteiger charge is 2.42. The summed E-state index contributed by atoms with van der Waals surface area (Å²) in [6.07, 6.45) is -6.16. The van der Waals surface area contributed by atoms with Crippen LogP contribution in [-0.2, 0) is 0 Å². The predicted molar refractivity (Wildman–Crippen MR) is 93.8 cm³/mol. The van der Waals surface area contributed by atoms with Crippen molar-refractivity contribution in [3.63, 3.8) is 0 Å². The molecule has 0 aliphatic carbocycles. The van der Waals surface area contributed by atoms with Gasteiger partial charge in [-0.25, -0.2) is 22.5 Å². The second-order valence-electron chi connectivity index (χ2n) is 7.44. The van der Waals surface area contributed by atoms with Crippen molar-refractivity contribution in [2.45, 2.75) is 49.7 Å². The lowest BCUT2D eigenvalue weighted by molar-refractivity contribution is -0.109. The molecule has 1 aromatic heterocycles. The second-order valence-corrected chi connectivity index (χ2v) is 7.44. The zero-order chi connectivity index (χ0) is 20.5. The number of hydrogen-bond acceptors (Lipinski definition) is 6. The molecule has 0 atom stereocenters. The number of hydrogen-bond donors (Lipinski definition) is 2. The van der Waals surface area contributed by atoms with Gasteiger partial charge in [0.25, 0.3) is 12.9 Å². The topological polar surface area (TPSA) is 83.6 Å². The van der Waals surface area contributed by atoms with E-state index in [1.807, 2.05) is 6.07 Å². The number of rotatable bonds is 4. The maximum atomic E-state index is 13.0. The van der Waals surface area contributed by atoms with E-state index in [2.05, 4.69) is 4.98 Å². The van der Waals surface area contributed by atoms with Gasteiger partial charge in [0.15, 0.2) is 0 Å². The van der Waals surface area contributed by atoms with Crippen molar-refractivity contribution >= 4 is 11.6 Å². The van der Waals surface area contributed by atoms with Crippen LogP contribution in [0.25, 0.3) is 0 Å². The van der Waals surface area contributed by atoms with Crippen molar-refractivity contribution in [1.82, 2.24) is 4.98 Å². The maximum Gasteiger partial charge on any atom is 0.266 e. The van der Waals surface area contributed by atoms with Gasteiger partial charge in [-0.05, 0) is 37.8 Å². The van der Waals surface area contributed by atoms with E-state index in [-0.39, 0.29) is 57.4 Å². The van der Waals surface area contributed by atoms with Crippen LogP contribution in [0.2, 0.25) is 0 Å². The molecule has 154 valence electrons. The molecule has 2 fully saturated rings. The predicted octanol–water partition coefficient (Wildman–Crippen LogP) is 2.15. The molecule has 2 aliphatic rings. The Labute approximate surface area is 160 Å². The van der Waals surface area contributed by atoms with Crippen LogP contribution in [0.1, 0.15) is 31.2 Å². The lowest BCUT2D eigenvalue weighted by Crippen LogP contribution is -2.50. The van der Waals surface area contributed by atoms with Gasteiger partial charge in [-0.2, -0.15) is 5.26 Å². The Balaban J connectivity index is 1.76. The minimum atomic E-state index is -2.84. The first-order valence-corrected chi connectivity index (χ1v) is 9.11. The van der Waals surface area contributed by atoms with Crippen molar-refractivity contribution in [2.24, 2.45) is 0 Å². The minimum absolute atomic E-state index is 0.104. The van der Waals surface area contributed by atoms with E-state index in [4.69, 9.17) is 0 Å². The summed E-state index contributed by atoms with van der Waals surface area (Å²) in [4.78, 5) is 7.90. The standard InChI is InChI=1S/C18H22F4N4O2/c19-15(20)17(27)3-7-25(8-4-17)13-2-1-12(11-23)14(24-13)26-9-5-18(28,6-10-26)16(21)22/h1-2,15-16,27-28H,3-10H2. The van der Waals surface area contributed by atoms with E-state index in [9.17, 15) is 33.0 Å². The van der Waals surface area contributed by atoms with Crippen LogP contribution in [0.15, 0.2) is 12.1 Å². The van der Waals surface area contributed by atoms with Gasteiger partial charge < -0.3 is 20.0 Å². The van der Waals surface area contributed by atoms with Crippen molar-refractivity contribution in [1.29, 1.82) is 5.26 Å². The summed E-state index contributed by atoms with van der Waals surface area (Å²) >= 11 is 0. The van der Waals surface area contributed by atoms with E-state index in [0.717, 1.165) is 0 Å². The third kappa shape index (κ3) is 3.86. The average Bonchev–Trinajstić information content (AvgIpc) is 2.68. The summed E-state index contributed by atoms with van der Waals surface area (Å²) in [5, 5.41) is 29.2. The molecular weight excluding hydrogens is 380 g/mol. The highest BCUT2D eigenvalue weighted by Crippen LogP contribution is 2.34. The van der Waals surface area contributed by atoms with Gasteiger partial charge in [-0.3, -0.25) is 0 Å². The number of nitriles is 1. The van der Waals surface area contributed by atoms with Gasteiger partial charge in [0.05, 0.1) is 5.56 Å². The number of nitrogens with zero attached hydrogens (tertiary/aromatic N) is 4. The number of halogens is 4. The number of aromatic nitrogens is 1. The molecule has 0 bridgehead atoms. The van der Waals surface area contributed by atoms with Crippen LogP contribution in [0.3, 0.4) is 0 Å². The highest BCUT2D eigenvalue weighted by molar-refractivity contribution is 5.59. The smallest absolute Gasteiger partial charge is 0.266 e. The summed E-state index contributed by atoms with van der Waals surface area (Å²) in [6.45, 7) is 0.614. The van der Waals surface area contributed by atoms with Crippen LogP contribution in [0.5, 0.6) is 0 Å². The van der Waals surface area contributed by atoms with E-state index in [1.54, 1.807) is 21.9 Å². The zero-order valence-corrected chi connectivity index (χ0v) is 15.2. The quantitative estimate of drug-likeness (QED) is 0.751. The summed E-state index contributed by atoms with van der Waals surface area (Å²) < 4.78 is 51.9. The Morgan fingerprint density at radius 1 is 0.893 bits per heavy atom. The maximum absolute atomic E-state index is 13.0. The molecule has 0 amide bonds. The Bertz CT molecular complexity index is 740. The molecule has 6 nitrogen and oxygen atoms in total. The van der Waals surface area contributed by atoms with Gasteiger partial charge >= 0.3 is 0 Å². The van der Waals surface area contributed by atoms with Crippen LogP contribution in [0.4, 0.5) is 29.2 Å². The Morgan fingerprint density at radius 3 is 1.79 bits per heavy atom. The molecule has 0 aromatic carbocycles. The van der Waals surface area contributed by atoms with Gasteiger partial charge in [-0.15, -0.1) is 0 Å². The van der Waals surface area contributed by atoms with Crippen LogP contribution in [-0.4, -0.2) is 65.4 Å². The minimum Gasteiger partial charge on any atom is -0.384 e. The van der Waals surface area contributed by atoms with Gasteiger partial charge in [-0.1, -0.05) is 0 Å². The SMILES string of the molecule is N#Cc1ccc(N2CCC(O)(C(F)F)CC2)nc1N1CCC(O)(C(F)F)CC1. The van der Waals surface area contributed by atoms with Gasteiger partial charge in [0, 0.05) is 26.2 Å². The fourth-order valence-corrected chi connectivity index (χ4v) is 3.61. The molecule has 0 unspecified atom stereocenters. The third-order valence-electron chi connectivity index (χ3n) is 5.68. The van der Waals surface area contributed by atoms with Crippen molar-refractivity contribution in [3.8, 4) is 6.07 Å². The number of pyridine rings is 1. The monoisotopic (exact) mass is 402 g/mol. The molecule has 10 heteroatoms. The highest BCUT2D eigenvalue weighted by atomic mass is 19.3. The Hall–Kier alpha value is -2.12. The van der Waals surface area contributed by atoms with E-state index in [1.165, 1.54) is 0 Å². The molecule has 2 aliphatic heterocycles. The van der Waals surface area contributed by atoms with E-state index < -0.39 is 24.1 Å². The first-order chi connectivity index (χ1) is 13.2.